The molecule has 0 aliphatic heterocycles. The number of carbonyl (C=O) groups is 1. The Labute approximate surface area is 82.7 Å². The van der Waals surface area contributed by atoms with Crippen LogP contribution in [0.25, 0.3) is 0 Å². The highest BCUT2D eigenvalue weighted by atomic mass is 19.1. The van der Waals surface area contributed by atoms with Crippen LogP contribution >= 0.6 is 0 Å². The summed E-state index contributed by atoms with van der Waals surface area (Å²) in [5.74, 6) is -0.764. The molecule has 0 aromatic heterocycles. The average molecular weight is 196 g/mol. The van der Waals surface area contributed by atoms with Gasteiger partial charge in [0.2, 0.25) is 0 Å². The lowest BCUT2D eigenvalue weighted by Gasteiger charge is -2.11. The molecule has 1 atom stereocenters. The van der Waals surface area contributed by atoms with Crippen LogP contribution in [0.2, 0.25) is 0 Å². The third-order valence-corrected chi connectivity index (χ3v) is 2.10. The van der Waals surface area contributed by atoms with Crippen LogP contribution in [-0.4, -0.2) is 19.8 Å². The van der Waals surface area contributed by atoms with Gasteiger partial charge in [0.05, 0.1) is 20.2 Å². The zero-order chi connectivity index (χ0) is 10.4. The number of hydrogen-bond donors (Lipinski definition) is 0. The molecule has 0 fully saturated rings. The van der Waals surface area contributed by atoms with Crippen LogP contribution in [0.1, 0.15) is 17.9 Å². The van der Waals surface area contributed by atoms with Crippen molar-refractivity contribution in [3.8, 4) is 0 Å². The third-order valence-electron chi connectivity index (χ3n) is 2.10. The fraction of sp³-hybridized carbons (Fsp3) is 0.364. The Hall–Kier alpha value is -1.38. The summed E-state index contributed by atoms with van der Waals surface area (Å²) in [4.78, 5) is 11.0. The molecule has 0 N–H and O–H groups in total. The molecule has 0 bridgehead atoms. The molecular formula is C11H13FO2. The number of halogens is 1. The predicted molar refractivity (Wildman–Crippen MR) is 51.8 cm³/mol. The number of ether oxygens (including phenoxy) is 1. The van der Waals surface area contributed by atoms with Gasteiger partial charge in [-0.1, -0.05) is 30.3 Å². The monoisotopic (exact) mass is 196 g/mol. The number of benzene rings is 1. The summed E-state index contributed by atoms with van der Waals surface area (Å²) in [6.45, 7) is -0.543. The van der Waals surface area contributed by atoms with Crippen molar-refractivity contribution in [2.75, 3.05) is 13.8 Å². The molecule has 14 heavy (non-hydrogen) atoms. The van der Waals surface area contributed by atoms with E-state index in [2.05, 4.69) is 4.74 Å². The molecule has 0 radical (unpaired) electrons. The zero-order valence-electron chi connectivity index (χ0n) is 8.07. The normalized spacial score (nSPS) is 12.1. The highest BCUT2D eigenvalue weighted by Crippen LogP contribution is 2.20. The summed E-state index contributed by atoms with van der Waals surface area (Å²) < 4.78 is 17.1. The molecule has 76 valence electrons. The van der Waals surface area contributed by atoms with Gasteiger partial charge in [0.25, 0.3) is 0 Å². The van der Waals surface area contributed by atoms with Gasteiger partial charge in [-0.15, -0.1) is 0 Å². The van der Waals surface area contributed by atoms with Gasteiger partial charge in [0.1, 0.15) is 0 Å². The summed E-state index contributed by atoms with van der Waals surface area (Å²) in [5, 5.41) is 0. The van der Waals surface area contributed by atoms with E-state index in [1.165, 1.54) is 7.11 Å². The fourth-order valence-electron chi connectivity index (χ4n) is 1.27. The number of rotatable bonds is 4. The topological polar surface area (TPSA) is 26.3 Å². The molecule has 3 heteroatoms. The second-order valence-electron chi connectivity index (χ2n) is 3.04. The Morgan fingerprint density at radius 3 is 2.57 bits per heavy atom. The number of esters is 1. The van der Waals surface area contributed by atoms with Crippen molar-refractivity contribution in [1.82, 2.24) is 0 Å². The highest BCUT2D eigenvalue weighted by molar-refractivity contribution is 5.70. The van der Waals surface area contributed by atoms with Gasteiger partial charge in [-0.2, -0.15) is 0 Å². The fourth-order valence-corrected chi connectivity index (χ4v) is 1.27. The van der Waals surface area contributed by atoms with E-state index in [0.717, 1.165) is 5.56 Å². The molecule has 1 aromatic carbocycles. The molecule has 2 nitrogen and oxygen atoms in total. The Kier molecular flexibility index (Phi) is 4.11. The van der Waals surface area contributed by atoms with Crippen molar-refractivity contribution >= 4 is 5.97 Å². The summed E-state index contributed by atoms with van der Waals surface area (Å²) in [5.41, 5.74) is 0.834. The molecular weight excluding hydrogens is 183 g/mol. The number of hydrogen-bond acceptors (Lipinski definition) is 2. The van der Waals surface area contributed by atoms with Gasteiger partial charge in [-0.3, -0.25) is 9.18 Å². The maximum absolute atomic E-state index is 12.6. The van der Waals surface area contributed by atoms with Crippen molar-refractivity contribution in [3.05, 3.63) is 35.9 Å². The molecule has 0 saturated heterocycles. The minimum absolute atomic E-state index is 0.0943. The van der Waals surface area contributed by atoms with E-state index in [-0.39, 0.29) is 18.3 Å². The van der Waals surface area contributed by atoms with E-state index in [1.807, 2.05) is 30.3 Å². The lowest BCUT2D eigenvalue weighted by Crippen LogP contribution is -2.10. The lowest BCUT2D eigenvalue weighted by molar-refractivity contribution is -0.141. The van der Waals surface area contributed by atoms with E-state index in [9.17, 15) is 9.18 Å². The maximum Gasteiger partial charge on any atom is 0.306 e. The van der Waals surface area contributed by atoms with E-state index in [4.69, 9.17) is 0 Å². The van der Waals surface area contributed by atoms with Crippen molar-refractivity contribution in [2.24, 2.45) is 0 Å². The molecule has 0 heterocycles. The molecule has 0 saturated carbocycles. The summed E-state index contributed by atoms with van der Waals surface area (Å²) in [6.07, 6.45) is 0.0943. The number of methoxy groups -OCH3 is 1. The molecule has 0 spiro atoms. The number of alkyl halides is 1. The summed E-state index contributed by atoms with van der Waals surface area (Å²) in [7, 11) is 1.31. The highest BCUT2D eigenvalue weighted by Gasteiger charge is 2.15. The van der Waals surface area contributed by atoms with Crippen molar-refractivity contribution in [1.29, 1.82) is 0 Å². The molecule has 0 aliphatic rings. The molecule has 1 rings (SSSR count). The van der Waals surface area contributed by atoms with Gasteiger partial charge in [0.15, 0.2) is 0 Å². The Bertz CT molecular complexity index is 285. The maximum atomic E-state index is 12.6. The quantitative estimate of drug-likeness (QED) is 0.691. The second kappa shape index (κ2) is 5.37. The largest absolute Gasteiger partial charge is 0.469 e. The van der Waals surface area contributed by atoms with Gasteiger partial charge < -0.3 is 4.74 Å². The minimum atomic E-state index is -0.543. The smallest absolute Gasteiger partial charge is 0.306 e. The van der Waals surface area contributed by atoms with Crippen molar-refractivity contribution < 1.29 is 13.9 Å². The standard InChI is InChI=1S/C11H13FO2/c1-14-11(13)7-10(8-12)9-5-3-2-4-6-9/h2-6,10H,7-8H2,1H3. The summed E-state index contributed by atoms with van der Waals surface area (Å²) in [6, 6.07) is 9.14. The van der Waals surface area contributed by atoms with Crippen molar-refractivity contribution in [2.45, 2.75) is 12.3 Å². The predicted octanol–water partition coefficient (Wildman–Crippen LogP) is 2.30. The van der Waals surface area contributed by atoms with Crippen LogP contribution in [0, 0.1) is 0 Å². The van der Waals surface area contributed by atoms with Crippen LogP contribution in [0.5, 0.6) is 0 Å². The zero-order valence-corrected chi connectivity index (χ0v) is 8.07. The Morgan fingerprint density at radius 1 is 1.43 bits per heavy atom. The molecule has 0 aliphatic carbocycles. The van der Waals surface area contributed by atoms with Gasteiger partial charge >= 0.3 is 5.97 Å². The lowest BCUT2D eigenvalue weighted by atomic mass is 9.97. The number of carbonyl (C=O) groups excluding carboxylic acids is 1. The van der Waals surface area contributed by atoms with Crippen LogP contribution in [0.15, 0.2) is 30.3 Å². The SMILES string of the molecule is COC(=O)CC(CF)c1ccccc1. The Morgan fingerprint density at radius 2 is 2.07 bits per heavy atom. The van der Waals surface area contributed by atoms with E-state index in [1.54, 1.807) is 0 Å². The van der Waals surface area contributed by atoms with Crippen LogP contribution < -0.4 is 0 Å². The van der Waals surface area contributed by atoms with E-state index < -0.39 is 6.67 Å². The third kappa shape index (κ3) is 2.83. The first-order chi connectivity index (χ1) is 6.77. The minimum Gasteiger partial charge on any atom is -0.469 e. The van der Waals surface area contributed by atoms with Gasteiger partial charge in [0, 0.05) is 5.92 Å². The van der Waals surface area contributed by atoms with Crippen LogP contribution in [0.3, 0.4) is 0 Å². The first kappa shape index (κ1) is 10.7. The molecule has 1 unspecified atom stereocenters. The molecule has 0 amide bonds. The summed E-state index contributed by atoms with van der Waals surface area (Å²) >= 11 is 0. The van der Waals surface area contributed by atoms with E-state index >= 15 is 0 Å². The second-order valence-corrected chi connectivity index (χ2v) is 3.04. The van der Waals surface area contributed by atoms with Crippen LogP contribution in [-0.2, 0) is 9.53 Å². The van der Waals surface area contributed by atoms with E-state index in [0.29, 0.717) is 0 Å². The van der Waals surface area contributed by atoms with Gasteiger partial charge in [-0.25, -0.2) is 0 Å². The average Bonchev–Trinajstić information content (AvgIpc) is 2.26. The first-order valence-electron chi connectivity index (χ1n) is 4.45. The van der Waals surface area contributed by atoms with Crippen LogP contribution in [0.4, 0.5) is 4.39 Å². The Balaban J connectivity index is 2.68. The van der Waals surface area contributed by atoms with Crippen molar-refractivity contribution in [3.63, 3.8) is 0 Å². The van der Waals surface area contributed by atoms with Gasteiger partial charge in [-0.05, 0) is 5.56 Å². The molecule has 1 aromatic rings. The first-order valence-corrected chi connectivity index (χ1v) is 4.45.